The van der Waals surface area contributed by atoms with Gasteiger partial charge in [-0.25, -0.2) is 15.0 Å². The van der Waals surface area contributed by atoms with Crippen molar-refractivity contribution < 1.29 is 0 Å². The van der Waals surface area contributed by atoms with Crippen molar-refractivity contribution in [2.24, 2.45) is 0 Å². The normalized spacial score (nSPS) is 13.0. The van der Waals surface area contributed by atoms with Crippen LogP contribution in [0.5, 0.6) is 0 Å². The van der Waals surface area contributed by atoms with Gasteiger partial charge in [-0.15, -0.1) is 11.3 Å². The van der Waals surface area contributed by atoms with Gasteiger partial charge >= 0.3 is 0 Å². The molecule has 0 bridgehead atoms. The monoisotopic (exact) mass is 805 g/mol. The summed E-state index contributed by atoms with van der Waals surface area (Å²) in [6.07, 6.45) is 0. The van der Waals surface area contributed by atoms with E-state index >= 15 is 0 Å². The van der Waals surface area contributed by atoms with Gasteiger partial charge in [0.25, 0.3) is 0 Å². The van der Waals surface area contributed by atoms with Gasteiger partial charge in [-0.05, 0) is 97.1 Å². The molecule has 4 heteroatoms. The molecule has 0 saturated carbocycles. The summed E-state index contributed by atoms with van der Waals surface area (Å²) in [5.74, 6) is 1.91. The Morgan fingerprint density at radius 1 is 0.290 bits per heavy atom. The van der Waals surface area contributed by atoms with Crippen LogP contribution in [-0.4, -0.2) is 15.0 Å². The quantitative estimate of drug-likeness (QED) is 0.174. The summed E-state index contributed by atoms with van der Waals surface area (Å²) in [6.45, 7) is 0. The van der Waals surface area contributed by atoms with E-state index < -0.39 is 5.41 Å². The number of aromatic nitrogens is 3. The van der Waals surface area contributed by atoms with Gasteiger partial charge in [0.1, 0.15) is 0 Å². The van der Waals surface area contributed by atoms with Crippen LogP contribution >= 0.6 is 11.3 Å². The standard InChI is InChI=1S/C58H35N3S/c1-2-15-36(16-3-1)55-59-56(61-57(60-55)41-20-13-18-39(34-41)42-25-14-30-53-54(42)47-24-7-11-29-52(47)62-53)40-19-12-17-37(33-40)38-31-32-46-45-23-6-10-28-50(45)58(51(46)35-38)48-26-8-4-21-43(48)44-22-5-9-27-49(44)58/h1-35H. The van der Waals surface area contributed by atoms with Crippen LogP contribution in [0.25, 0.3) is 98.8 Å². The van der Waals surface area contributed by atoms with E-state index in [0.717, 1.165) is 33.4 Å². The Balaban J connectivity index is 0.953. The largest absolute Gasteiger partial charge is 0.208 e. The lowest BCUT2D eigenvalue weighted by Gasteiger charge is -2.30. The Morgan fingerprint density at radius 2 is 0.742 bits per heavy atom. The minimum Gasteiger partial charge on any atom is -0.208 e. The van der Waals surface area contributed by atoms with Crippen LogP contribution in [0, 0.1) is 0 Å². The zero-order valence-corrected chi connectivity index (χ0v) is 34.3. The molecule has 288 valence electrons. The topological polar surface area (TPSA) is 38.7 Å². The van der Waals surface area contributed by atoms with Crippen LogP contribution in [0.2, 0.25) is 0 Å². The van der Waals surface area contributed by atoms with E-state index in [-0.39, 0.29) is 0 Å². The lowest BCUT2D eigenvalue weighted by atomic mass is 9.70. The van der Waals surface area contributed by atoms with E-state index in [1.807, 2.05) is 29.5 Å². The number of nitrogens with zero attached hydrogens (tertiary/aromatic N) is 3. The average molecular weight is 806 g/mol. The third kappa shape index (κ3) is 5.14. The zero-order valence-electron chi connectivity index (χ0n) is 33.5. The van der Waals surface area contributed by atoms with Gasteiger partial charge in [0, 0.05) is 36.9 Å². The van der Waals surface area contributed by atoms with Gasteiger partial charge in [-0.3, -0.25) is 0 Å². The number of rotatable bonds is 5. The third-order valence-electron chi connectivity index (χ3n) is 13.0. The van der Waals surface area contributed by atoms with Crippen molar-refractivity contribution in [1.82, 2.24) is 15.0 Å². The summed E-state index contributed by atoms with van der Waals surface area (Å²) in [7, 11) is 0. The van der Waals surface area contributed by atoms with Gasteiger partial charge in [-0.1, -0.05) is 182 Å². The summed E-state index contributed by atoms with van der Waals surface area (Å²) in [5, 5.41) is 2.56. The second kappa shape index (κ2) is 13.6. The van der Waals surface area contributed by atoms with Crippen LogP contribution in [0.3, 0.4) is 0 Å². The minimum absolute atomic E-state index is 0.406. The Bertz CT molecular complexity index is 3540. The van der Waals surface area contributed by atoms with E-state index in [1.165, 1.54) is 70.2 Å². The maximum Gasteiger partial charge on any atom is 0.164 e. The highest BCUT2D eigenvalue weighted by atomic mass is 32.1. The molecule has 2 aliphatic rings. The molecule has 13 rings (SSSR count). The fourth-order valence-electron chi connectivity index (χ4n) is 10.3. The van der Waals surface area contributed by atoms with Gasteiger partial charge in [0.2, 0.25) is 0 Å². The fraction of sp³-hybridized carbons (Fsp3) is 0.0172. The van der Waals surface area contributed by atoms with Crippen LogP contribution in [-0.2, 0) is 5.41 Å². The molecule has 0 N–H and O–H groups in total. The van der Waals surface area contributed by atoms with Crippen LogP contribution in [0.1, 0.15) is 22.3 Å². The highest BCUT2D eigenvalue weighted by molar-refractivity contribution is 7.25. The second-order valence-electron chi connectivity index (χ2n) is 16.3. The molecule has 2 aromatic heterocycles. The molecule has 2 heterocycles. The maximum atomic E-state index is 5.24. The van der Waals surface area contributed by atoms with E-state index in [9.17, 15) is 0 Å². The van der Waals surface area contributed by atoms with Crippen LogP contribution < -0.4 is 0 Å². The molecular formula is C58H35N3S. The maximum absolute atomic E-state index is 5.24. The molecule has 2 aliphatic carbocycles. The Morgan fingerprint density at radius 3 is 1.42 bits per heavy atom. The summed E-state index contributed by atoms with van der Waals surface area (Å²) >= 11 is 1.84. The predicted octanol–water partition coefficient (Wildman–Crippen LogP) is 14.9. The summed E-state index contributed by atoms with van der Waals surface area (Å²) in [6, 6.07) is 76.8. The smallest absolute Gasteiger partial charge is 0.164 e. The molecule has 11 aromatic rings. The third-order valence-corrected chi connectivity index (χ3v) is 14.1. The van der Waals surface area contributed by atoms with Gasteiger partial charge in [0.05, 0.1) is 5.41 Å². The Labute approximate surface area is 363 Å². The zero-order chi connectivity index (χ0) is 40.8. The molecule has 0 aliphatic heterocycles. The number of fused-ring (bicyclic) bond motifs is 13. The van der Waals surface area contributed by atoms with Gasteiger partial charge in [0.15, 0.2) is 17.5 Å². The van der Waals surface area contributed by atoms with Gasteiger partial charge in [-0.2, -0.15) is 0 Å². The van der Waals surface area contributed by atoms with E-state index in [2.05, 4.69) is 194 Å². The molecular weight excluding hydrogens is 771 g/mol. The number of benzene rings is 9. The first-order valence-corrected chi connectivity index (χ1v) is 21.9. The molecule has 62 heavy (non-hydrogen) atoms. The molecule has 0 amide bonds. The Hall–Kier alpha value is -7.79. The SMILES string of the molecule is c1ccc(-c2nc(-c3cccc(-c4ccc5c(c4)C4(c6ccccc6-c6ccccc64)c4ccccc4-5)c3)nc(-c3cccc(-c4cccc5sc6ccccc6c45)c3)n2)cc1. The molecule has 9 aromatic carbocycles. The first-order valence-electron chi connectivity index (χ1n) is 21.1. The van der Waals surface area contributed by atoms with Crippen molar-refractivity contribution >= 4 is 31.5 Å². The minimum atomic E-state index is -0.406. The Kier molecular flexibility index (Phi) is 7.69. The highest BCUT2D eigenvalue weighted by Crippen LogP contribution is 2.63. The van der Waals surface area contributed by atoms with Crippen molar-refractivity contribution in [3.05, 3.63) is 235 Å². The predicted molar refractivity (Wildman–Crippen MR) is 256 cm³/mol. The first kappa shape index (κ1) is 35.0. The van der Waals surface area contributed by atoms with E-state index in [0.29, 0.717) is 17.5 Å². The second-order valence-corrected chi connectivity index (χ2v) is 17.3. The molecule has 0 radical (unpaired) electrons. The van der Waals surface area contributed by atoms with Crippen LogP contribution in [0.4, 0.5) is 0 Å². The first-order chi connectivity index (χ1) is 30.7. The van der Waals surface area contributed by atoms with Crippen LogP contribution in [0.15, 0.2) is 212 Å². The van der Waals surface area contributed by atoms with Gasteiger partial charge < -0.3 is 0 Å². The number of hydrogen-bond donors (Lipinski definition) is 0. The van der Waals surface area contributed by atoms with Crippen molar-refractivity contribution in [2.75, 3.05) is 0 Å². The molecule has 0 unspecified atom stereocenters. The molecule has 0 atom stereocenters. The summed E-state index contributed by atoms with van der Waals surface area (Å²) < 4.78 is 2.57. The lowest BCUT2D eigenvalue weighted by Crippen LogP contribution is -2.25. The lowest BCUT2D eigenvalue weighted by molar-refractivity contribution is 0.794. The van der Waals surface area contributed by atoms with E-state index in [1.54, 1.807) is 0 Å². The van der Waals surface area contributed by atoms with Crippen molar-refractivity contribution in [1.29, 1.82) is 0 Å². The number of hydrogen-bond acceptors (Lipinski definition) is 4. The van der Waals surface area contributed by atoms with E-state index in [4.69, 9.17) is 15.0 Å². The number of thiophene rings is 1. The highest BCUT2D eigenvalue weighted by Gasteiger charge is 2.51. The summed E-state index contributed by atoms with van der Waals surface area (Å²) in [5.41, 5.74) is 17.5. The van der Waals surface area contributed by atoms with Crippen molar-refractivity contribution in [2.45, 2.75) is 5.41 Å². The molecule has 1 spiro atoms. The molecule has 3 nitrogen and oxygen atoms in total. The van der Waals surface area contributed by atoms with Crippen molar-refractivity contribution in [3.63, 3.8) is 0 Å². The molecule has 0 fully saturated rings. The average Bonchev–Trinajstić information content (AvgIpc) is 3.98. The molecule has 0 saturated heterocycles. The fourth-order valence-corrected chi connectivity index (χ4v) is 11.4. The van der Waals surface area contributed by atoms with Crippen molar-refractivity contribution in [3.8, 4) is 78.7 Å². The summed E-state index contributed by atoms with van der Waals surface area (Å²) in [4.78, 5) is 15.5.